The molecule has 0 saturated heterocycles. The van der Waals surface area contributed by atoms with Crippen molar-refractivity contribution in [3.8, 4) is 5.88 Å². The van der Waals surface area contributed by atoms with Gasteiger partial charge in [-0.1, -0.05) is 18.2 Å². The lowest BCUT2D eigenvalue weighted by Crippen LogP contribution is -2.05. The molecule has 5 heteroatoms. The normalized spacial score (nSPS) is 9.94. The molecule has 0 aliphatic rings. The van der Waals surface area contributed by atoms with E-state index in [2.05, 4.69) is 4.98 Å². The fourth-order valence-corrected chi connectivity index (χ4v) is 1.48. The number of nitrogens with two attached hydrogens (primary N) is 1. The van der Waals surface area contributed by atoms with Crippen molar-refractivity contribution in [2.24, 2.45) is 0 Å². The number of nitrogen functional groups attached to an aromatic ring is 1. The molecule has 0 atom stereocenters. The fourth-order valence-electron chi connectivity index (χ4n) is 1.48. The molecular weight excluding hydrogens is 240 g/mol. The zero-order valence-electron chi connectivity index (χ0n) is 9.55. The number of nitrogens with zero attached hydrogens (tertiary/aromatic N) is 1. The van der Waals surface area contributed by atoms with Gasteiger partial charge in [-0.2, -0.15) is 0 Å². The van der Waals surface area contributed by atoms with Crippen LogP contribution in [0.15, 0.2) is 30.3 Å². The summed E-state index contributed by atoms with van der Waals surface area (Å²) in [6.07, 6.45) is 0. The molecule has 92 valence electrons. The van der Waals surface area contributed by atoms with Crippen molar-refractivity contribution in [1.82, 2.24) is 4.98 Å². The van der Waals surface area contributed by atoms with Gasteiger partial charge in [-0.05, 0) is 6.07 Å². The maximum atomic E-state index is 5.91. The van der Waals surface area contributed by atoms with Gasteiger partial charge in [0.05, 0.1) is 12.1 Å². The number of fused-ring (bicyclic) bond motifs is 1. The van der Waals surface area contributed by atoms with Crippen LogP contribution in [0.1, 0.15) is 0 Å². The number of methoxy groups -OCH3 is 1. The lowest BCUT2D eigenvalue weighted by molar-refractivity contribution is 0.144. The van der Waals surface area contributed by atoms with Crippen LogP contribution in [0, 0.1) is 0 Å². The molecule has 1 aromatic heterocycles. The smallest absolute Gasteiger partial charge is 0.215 e. The summed E-state index contributed by atoms with van der Waals surface area (Å²) in [7, 11) is 1.63. The van der Waals surface area contributed by atoms with Gasteiger partial charge >= 0.3 is 0 Å². The molecule has 1 heterocycles. The zero-order chi connectivity index (χ0) is 11.4. The largest absolute Gasteiger partial charge is 0.475 e. The summed E-state index contributed by atoms with van der Waals surface area (Å²) >= 11 is 0. The topological polar surface area (TPSA) is 57.4 Å². The van der Waals surface area contributed by atoms with Crippen molar-refractivity contribution in [2.75, 3.05) is 26.1 Å². The van der Waals surface area contributed by atoms with Gasteiger partial charge in [0.25, 0.3) is 0 Å². The summed E-state index contributed by atoms with van der Waals surface area (Å²) in [5.41, 5.74) is 7.43. The first kappa shape index (κ1) is 13.5. The van der Waals surface area contributed by atoms with E-state index in [-0.39, 0.29) is 12.4 Å². The van der Waals surface area contributed by atoms with Gasteiger partial charge in [0, 0.05) is 24.2 Å². The number of benzene rings is 1. The van der Waals surface area contributed by atoms with Gasteiger partial charge < -0.3 is 15.2 Å². The van der Waals surface area contributed by atoms with Gasteiger partial charge in [-0.15, -0.1) is 12.4 Å². The Morgan fingerprint density at radius 1 is 1.24 bits per heavy atom. The van der Waals surface area contributed by atoms with Gasteiger partial charge in [0.15, 0.2) is 0 Å². The highest BCUT2D eigenvalue weighted by Crippen LogP contribution is 2.23. The summed E-state index contributed by atoms with van der Waals surface area (Å²) in [6.45, 7) is 1.01. The van der Waals surface area contributed by atoms with Crippen LogP contribution in [-0.2, 0) is 4.74 Å². The van der Waals surface area contributed by atoms with Crippen LogP contribution >= 0.6 is 12.4 Å². The van der Waals surface area contributed by atoms with Crippen LogP contribution < -0.4 is 10.5 Å². The number of ether oxygens (including phenoxy) is 2. The van der Waals surface area contributed by atoms with Crippen molar-refractivity contribution in [1.29, 1.82) is 0 Å². The van der Waals surface area contributed by atoms with Crippen LogP contribution in [0.4, 0.5) is 5.69 Å². The summed E-state index contributed by atoms with van der Waals surface area (Å²) in [5, 5.41) is 0.946. The highest BCUT2D eigenvalue weighted by Gasteiger charge is 2.03. The molecule has 0 amide bonds. The molecular formula is C12H15ClN2O2. The highest BCUT2D eigenvalue weighted by molar-refractivity contribution is 5.90. The number of pyridine rings is 1. The molecule has 2 rings (SSSR count). The first-order chi connectivity index (χ1) is 7.81. The second kappa shape index (κ2) is 6.27. The molecule has 17 heavy (non-hydrogen) atoms. The summed E-state index contributed by atoms with van der Waals surface area (Å²) in [6, 6.07) is 9.45. The Balaban J connectivity index is 0.00000144. The summed E-state index contributed by atoms with van der Waals surface area (Å²) in [5.74, 6) is 0.535. The summed E-state index contributed by atoms with van der Waals surface area (Å²) in [4.78, 5) is 4.35. The van der Waals surface area contributed by atoms with E-state index in [1.807, 2.05) is 24.3 Å². The molecule has 2 N–H and O–H groups in total. The third-order valence-corrected chi connectivity index (χ3v) is 2.26. The quantitative estimate of drug-likeness (QED) is 0.851. The van der Waals surface area contributed by atoms with E-state index in [0.717, 1.165) is 10.9 Å². The molecule has 0 saturated carbocycles. The maximum absolute atomic E-state index is 5.91. The van der Waals surface area contributed by atoms with Crippen LogP contribution in [0.3, 0.4) is 0 Å². The van der Waals surface area contributed by atoms with Crippen molar-refractivity contribution in [3.05, 3.63) is 30.3 Å². The minimum absolute atomic E-state index is 0. The van der Waals surface area contributed by atoms with Crippen molar-refractivity contribution in [2.45, 2.75) is 0 Å². The Hall–Kier alpha value is -1.52. The van der Waals surface area contributed by atoms with Crippen molar-refractivity contribution >= 4 is 29.0 Å². The number of anilines is 1. The Morgan fingerprint density at radius 2 is 2.00 bits per heavy atom. The van der Waals surface area contributed by atoms with Gasteiger partial charge in [-0.3, -0.25) is 0 Å². The number of para-hydroxylation sites is 1. The van der Waals surface area contributed by atoms with Gasteiger partial charge in [-0.25, -0.2) is 4.98 Å². The predicted molar refractivity (Wildman–Crippen MR) is 70.8 cm³/mol. The second-order valence-electron chi connectivity index (χ2n) is 3.41. The van der Waals surface area contributed by atoms with Crippen LogP contribution in [-0.4, -0.2) is 25.3 Å². The second-order valence-corrected chi connectivity index (χ2v) is 3.41. The maximum Gasteiger partial charge on any atom is 0.215 e. The van der Waals surface area contributed by atoms with Crippen molar-refractivity contribution in [3.63, 3.8) is 0 Å². The molecule has 0 aliphatic heterocycles. The standard InChI is InChI=1S/C12H14N2O2.ClH/c1-15-6-7-16-12-8-10(13)9-4-2-3-5-11(9)14-12;/h2-5,8H,6-7H2,1H3,(H2,13,14);1H. The first-order valence-corrected chi connectivity index (χ1v) is 5.08. The molecule has 0 spiro atoms. The summed E-state index contributed by atoms with van der Waals surface area (Å²) < 4.78 is 10.3. The molecule has 0 radical (unpaired) electrons. The van der Waals surface area contributed by atoms with Crippen molar-refractivity contribution < 1.29 is 9.47 Å². The third kappa shape index (κ3) is 3.22. The van der Waals surface area contributed by atoms with Crippen LogP contribution in [0.2, 0.25) is 0 Å². The zero-order valence-corrected chi connectivity index (χ0v) is 10.4. The molecule has 1 aromatic carbocycles. The third-order valence-electron chi connectivity index (χ3n) is 2.26. The van der Waals surface area contributed by atoms with E-state index >= 15 is 0 Å². The van der Waals surface area contributed by atoms with E-state index in [9.17, 15) is 0 Å². The number of rotatable bonds is 4. The minimum atomic E-state index is 0. The molecule has 0 fully saturated rings. The predicted octanol–water partition coefficient (Wildman–Crippen LogP) is 2.26. The molecule has 4 nitrogen and oxygen atoms in total. The number of hydrogen-bond acceptors (Lipinski definition) is 4. The van der Waals surface area contributed by atoms with Crippen LogP contribution in [0.25, 0.3) is 10.9 Å². The Kier molecular flexibility index (Phi) is 5.00. The highest BCUT2D eigenvalue weighted by atomic mass is 35.5. The van der Waals surface area contributed by atoms with E-state index < -0.39 is 0 Å². The number of halogens is 1. The van der Waals surface area contributed by atoms with E-state index in [4.69, 9.17) is 15.2 Å². The van der Waals surface area contributed by atoms with E-state index in [1.54, 1.807) is 13.2 Å². The monoisotopic (exact) mass is 254 g/mol. The van der Waals surface area contributed by atoms with Crippen LogP contribution in [0.5, 0.6) is 5.88 Å². The Bertz CT molecular complexity index is 491. The Labute approximate surface area is 106 Å². The first-order valence-electron chi connectivity index (χ1n) is 5.08. The molecule has 2 aromatic rings. The lowest BCUT2D eigenvalue weighted by Gasteiger charge is -2.07. The molecule has 0 unspecified atom stereocenters. The average molecular weight is 255 g/mol. The number of aromatic nitrogens is 1. The molecule has 0 bridgehead atoms. The van der Waals surface area contributed by atoms with E-state index in [1.165, 1.54) is 0 Å². The molecule has 0 aliphatic carbocycles. The average Bonchev–Trinajstić information content (AvgIpc) is 2.30. The van der Waals surface area contributed by atoms with E-state index in [0.29, 0.717) is 24.8 Å². The number of hydrogen-bond donors (Lipinski definition) is 1. The SMILES string of the molecule is COCCOc1cc(N)c2ccccc2n1.Cl. The Morgan fingerprint density at radius 3 is 2.76 bits per heavy atom. The lowest BCUT2D eigenvalue weighted by atomic mass is 10.2. The van der Waals surface area contributed by atoms with Gasteiger partial charge in [0.1, 0.15) is 6.61 Å². The minimum Gasteiger partial charge on any atom is -0.475 e. The fraction of sp³-hybridized carbons (Fsp3) is 0.250. The van der Waals surface area contributed by atoms with Gasteiger partial charge in [0.2, 0.25) is 5.88 Å².